The van der Waals surface area contributed by atoms with E-state index in [1.54, 1.807) is 47.4 Å². The molecule has 21 nitrogen and oxygen atoms in total. The first-order valence-electron chi connectivity index (χ1n) is 22.7. The van der Waals surface area contributed by atoms with E-state index in [4.69, 9.17) is 18.9 Å². The molecule has 3 fully saturated rings. The van der Waals surface area contributed by atoms with Gasteiger partial charge in [0.25, 0.3) is 17.7 Å². The smallest absolute Gasteiger partial charge is 0.264 e. The average molecular weight is 920 g/mol. The van der Waals surface area contributed by atoms with Crippen molar-refractivity contribution in [2.75, 3.05) is 76.6 Å². The van der Waals surface area contributed by atoms with Crippen LogP contribution >= 0.6 is 0 Å². The SMILES string of the molecule is N#Cc1cnc2c(cnn2-c2cc(NC3CC3)c(C(=O)NC3CCC(C(=O)NCCOCCOCCOCCOCCNc4cccc5c4C(=O)N(C4CCC(=O)NC4=O)C5=O)CC3)cn2)c1. The van der Waals surface area contributed by atoms with Crippen molar-refractivity contribution < 1.29 is 47.7 Å². The maximum Gasteiger partial charge on any atom is 0.264 e. The van der Waals surface area contributed by atoms with Gasteiger partial charge in [0.15, 0.2) is 11.5 Å². The standard InChI is InChI=1S/C46H53N11O10/c47-24-28-22-30-26-52-57(41(30)51-25-28)38-23-36(53-31-8-9-31)34(27-50-38)43(60)54-32-6-4-29(5-7-32)42(59)49-13-15-65-17-19-67-21-20-66-18-16-64-14-12-48-35-3-1-2-33-40(35)46(63)56(45(33)62)37-10-11-39(58)55-44(37)61/h1-3,22-23,25-27,29,31-32,37,48H,4-21H2,(H,49,59)(H,50,53)(H,54,60)(H,55,58,61). The molecule has 0 radical (unpaired) electrons. The molecule has 8 rings (SSSR count). The molecule has 2 aliphatic carbocycles. The van der Waals surface area contributed by atoms with Crippen molar-refractivity contribution >= 4 is 57.9 Å². The minimum absolute atomic E-state index is 0.0177. The van der Waals surface area contributed by atoms with E-state index in [0.29, 0.717) is 131 Å². The second-order valence-corrected chi connectivity index (χ2v) is 16.7. The molecule has 4 aromatic rings. The highest BCUT2D eigenvalue weighted by atomic mass is 16.6. The molecule has 4 aliphatic rings. The quantitative estimate of drug-likeness (QED) is 0.0527. The molecular formula is C46H53N11O10. The third-order valence-corrected chi connectivity index (χ3v) is 12.0. The zero-order valence-electron chi connectivity index (χ0n) is 36.9. The first kappa shape index (κ1) is 46.7. The summed E-state index contributed by atoms with van der Waals surface area (Å²) in [6, 6.07) is 9.69. The van der Waals surface area contributed by atoms with Crippen LogP contribution in [0, 0.1) is 17.2 Å². The highest BCUT2D eigenvalue weighted by molar-refractivity contribution is 6.25. The van der Waals surface area contributed by atoms with Crippen molar-refractivity contribution in [1.29, 1.82) is 5.26 Å². The number of rotatable bonds is 23. The molecule has 1 aromatic carbocycles. The zero-order valence-corrected chi connectivity index (χ0v) is 36.9. The number of nitrogens with zero attached hydrogens (tertiary/aromatic N) is 6. The van der Waals surface area contributed by atoms with Crippen LogP contribution in [0.3, 0.4) is 0 Å². The Hall–Kier alpha value is -6.86. The monoisotopic (exact) mass is 919 g/mol. The van der Waals surface area contributed by atoms with Crippen molar-refractivity contribution in [2.45, 2.75) is 69.5 Å². The van der Waals surface area contributed by atoms with E-state index in [1.165, 1.54) is 6.20 Å². The van der Waals surface area contributed by atoms with Crippen LogP contribution in [0.2, 0.25) is 0 Å². The molecule has 6 amide bonds. The molecule has 2 aliphatic heterocycles. The van der Waals surface area contributed by atoms with Gasteiger partial charge < -0.3 is 40.2 Å². The summed E-state index contributed by atoms with van der Waals surface area (Å²) in [7, 11) is 0. The number of fused-ring (bicyclic) bond motifs is 2. The van der Waals surface area contributed by atoms with Gasteiger partial charge in [0, 0.05) is 67.0 Å². The van der Waals surface area contributed by atoms with E-state index < -0.39 is 29.7 Å². The number of carbonyl (C=O) groups excluding carboxylic acids is 6. The summed E-state index contributed by atoms with van der Waals surface area (Å²) in [6.07, 6.45) is 9.54. The largest absolute Gasteiger partial charge is 0.382 e. The Bertz CT molecular complexity index is 2530. The number of aromatic nitrogens is 4. The number of hydrogen-bond donors (Lipinski definition) is 5. The number of anilines is 2. The number of ether oxygens (including phenoxy) is 4. The van der Waals surface area contributed by atoms with Gasteiger partial charge in [0.1, 0.15) is 12.1 Å². The first-order chi connectivity index (χ1) is 32.7. The van der Waals surface area contributed by atoms with E-state index in [9.17, 15) is 34.0 Å². The van der Waals surface area contributed by atoms with Gasteiger partial charge in [0.05, 0.1) is 87.0 Å². The number of nitrogens with one attached hydrogen (secondary N) is 5. The van der Waals surface area contributed by atoms with Crippen molar-refractivity contribution in [3.05, 3.63) is 71.2 Å². The fraction of sp³-hybridized carbons (Fsp3) is 0.478. The van der Waals surface area contributed by atoms with Crippen molar-refractivity contribution in [3.63, 3.8) is 0 Å². The number of amides is 6. The Morgan fingerprint density at radius 3 is 2.18 bits per heavy atom. The maximum atomic E-state index is 13.5. The van der Waals surface area contributed by atoms with Gasteiger partial charge in [0.2, 0.25) is 17.7 Å². The van der Waals surface area contributed by atoms with Crippen LogP contribution in [0.5, 0.6) is 0 Å². The van der Waals surface area contributed by atoms with Gasteiger partial charge in [-0.25, -0.2) is 9.97 Å². The second kappa shape index (κ2) is 22.1. The normalized spacial score (nSPS) is 19.2. The Morgan fingerprint density at radius 2 is 1.48 bits per heavy atom. The zero-order chi connectivity index (χ0) is 46.7. The lowest BCUT2D eigenvalue weighted by Crippen LogP contribution is -2.54. The van der Waals surface area contributed by atoms with Crippen molar-refractivity contribution in [2.24, 2.45) is 5.92 Å². The highest BCUT2D eigenvalue weighted by Gasteiger charge is 2.45. The van der Waals surface area contributed by atoms with Crippen LogP contribution in [0.1, 0.15) is 88.0 Å². The van der Waals surface area contributed by atoms with E-state index in [1.807, 2.05) is 0 Å². The molecule has 1 unspecified atom stereocenters. The first-order valence-corrected chi connectivity index (χ1v) is 22.7. The number of carbonyl (C=O) groups is 6. The Morgan fingerprint density at radius 1 is 0.776 bits per heavy atom. The van der Waals surface area contributed by atoms with Gasteiger partial charge in [-0.2, -0.15) is 15.0 Å². The van der Waals surface area contributed by atoms with Gasteiger partial charge in [-0.05, 0) is 63.1 Å². The van der Waals surface area contributed by atoms with Crippen LogP contribution in [0.25, 0.3) is 16.9 Å². The Balaban J connectivity index is 0.637. The van der Waals surface area contributed by atoms with Crippen LogP contribution in [0.4, 0.5) is 11.4 Å². The molecule has 0 bridgehead atoms. The Labute approximate surface area is 385 Å². The summed E-state index contributed by atoms with van der Waals surface area (Å²) < 4.78 is 23.9. The third-order valence-electron chi connectivity index (χ3n) is 12.0. The Kier molecular flexibility index (Phi) is 15.4. The average Bonchev–Trinajstić information content (AvgIpc) is 3.99. The predicted octanol–water partition coefficient (Wildman–Crippen LogP) is 2.25. The summed E-state index contributed by atoms with van der Waals surface area (Å²) >= 11 is 0. The molecule has 2 saturated carbocycles. The predicted molar refractivity (Wildman–Crippen MR) is 239 cm³/mol. The minimum atomic E-state index is -1.03. The minimum Gasteiger partial charge on any atom is -0.382 e. The van der Waals surface area contributed by atoms with Gasteiger partial charge >= 0.3 is 0 Å². The van der Waals surface area contributed by atoms with E-state index >= 15 is 0 Å². The summed E-state index contributed by atoms with van der Waals surface area (Å²) in [5.74, 6) is -2.09. The molecular weight excluding hydrogens is 867 g/mol. The van der Waals surface area contributed by atoms with E-state index in [0.717, 1.165) is 17.7 Å². The van der Waals surface area contributed by atoms with Crippen LogP contribution in [0.15, 0.2) is 48.9 Å². The number of nitriles is 1. The molecule has 352 valence electrons. The highest BCUT2D eigenvalue weighted by Crippen LogP contribution is 2.33. The molecule has 5 N–H and O–H groups in total. The van der Waals surface area contributed by atoms with Crippen LogP contribution in [-0.4, -0.2) is 144 Å². The lowest BCUT2D eigenvalue weighted by atomic mass is 9.85. The summed E-state index contributed by atoms with van der Waals surface area (Å²) in [5, 5.41) is 29.3. The van der Waals surface area contributed by atoms with Gasteiger partial charge in [-0.1, -0.05) is 6.07 Å². The fourth-order valence-corrected chi connectivity index (χ4v) is 8.29. The van der Waals surface area contributed by atoms with Gasteiger partial charge in [-0.15, -0.1) is 0 Å². The van der Waals surface area contributed by atoms with Crippen molar-refractivity contribution in [1.82, 2.24) is 40.6 Å². The number of imide groups is 2. The number of pyridine rings is 2. The van der Waals surface area contributed by atoms with Crippen molar-refractivity contribution in [3.8, 4) is 11.9 Å². The number of piperidine rings is 1. The second-order valence-electron chi connectivity index (χ2n) is 16.7. The number of benzene rings is 1. The van der Waals surface area contributed by atoms with Gasteiger partial charge in [-0.3, -0.25) is 39.0 Å². The lowest BCUT2D eigenvalue weighted by molar-refractivity contribution is -0.136. The fourth-order valence-electron chi connectivity index (χ4n) is 8.29. The van der Waals surface area contributed by atoms with E-state index in [2.05, 4.69) is 47.7 Å². The molecule has 1 atom stereocenters. The molecule has 21 heteroatoms. The van der Waals surface area contributed by atoms with Crippen LogP contribution < -0.4 is 26.6 Å². The summed E-state index contributed by atoms with van der Waals surface area (Å²) in [4.78, 5) is 86.4. The number of hydrogen-bond acceptors (Lipinski definition) is 16. The molecule has 3 aromatic heterocycles. The molecule has 0 spiro atoms. The van der Waals surface area contributed by atoms with E-state index in [-0.39, 0.29) is 53.8 Å². The third kappa shape index (κ3) is 11.6. The summed E-state index contributed by atoms with van der Waals surface area (Å²) in [6.45, 7) is 3.60. The molecule has 67 heavy (non-hydrogen) atoms. The lowest BCUT2D eigenvalue weighted by Gasteiger charge is -2.28. The molecule has 1 saturated heterocycles. The summed E-state index contributed by atoms with van der Waals surface area (Å²) in [5.41, 5.74) is 2.97. The molecule has 5 heterocycles. The maximum absolute atomic E-state index is 13.5. The van der Waals surface area contributed by atoms with Crippen LogP contribution in [-0.2, 0) is 33.3 Å². The topological polar surface area (TPSA) is 270 Å².